The van der Waals surface area contributed by atoms with Crippen LogP contribution in [0.3, 0.4) is 0 Å². The highest BCUT2D eigenvalue weighted by molar-refractivity contribution is 5.96. The second-order valence-corrected chi connectivity index (χ2v) is 8.10. The number of benzene rings is 2. The predicted octanol–water partition coefficient (Wildman–Crippen LogP) is 3.48. The quantitative estimate of drug-likeness (QED) is 0.781. The molecule has 2 saturated heterocycles. The van der Waals surface area contributed by atoms with Gasteiger partial charge >= 0.3 is 0 Å². The lowest BCUT2D eigenvalue weighted by molar-refractivity contribution is -0.143. The van der Waals surface area contributed by atoms with Gasteiger partial charge in [-0.2, -0.15) is 0 Å². The maximum atomic E-state index is 13.2. The van der Waals surface area contributed by atoms with Crippen LogP contribution in [0.15, 0.2) is 42.5 Å². The number of aryl methyl sites for hydroxylation is 2. The molecule has 0 aromatic heterocycles. The number of morpholine rings is 1. The Balaban J connectivity index is 1.45. The minimum Gasteiger partial charge on any atom is -0.363 e. The van der Waals surface area contributed by atoms with Crippen molar-refractivity contribution < 1.29 is 18.7 Å². The van der Waals surface area contributed by atoms with Crippen LogP contribution in [-0.4, -0.2) is 48.6 Å². The lowest BCUT2D eigenvalue weighted by Gasteiger charge is -2.47. The highest BCUT2D eigenvalue weighted by atomic mass is 19.1. The Morgan fingerprint density at radius 3 is 2.28 bits per heavy atom. The first-order valence-corrected chi connectivity index (χ1v) is 9.93. The van der Waals surface area contributed by atoms with Gasteiger partial charge in [0.25, 0.3) is 11.8 Å². The summed E-state index contributed by atoms with van der Waals surface area (Å²) in [5, 5.41) is 0. The molecule has 2 aliphatic heterocycles. The number of hydrogen-bond donors (Lipinski definition) is 0. The number of amides is 2. The molecule has 0 radical (unpaired) electrons. The normalized spacial score (nSPS) is 18.9. The van der Waals surface area contributed by atoms with Crippen LogP contribution >= 0.6 is 0 Å². The third-order valence-corrected chi connectivity index (χ3v) is 5.82. The second kappa shape index (κ2) is 7.59. The number of anilines is 1. The van der Waals surface area contributed by atoms with Gasteiger partial charge in [-0.15, -0.1) is 0 Å². The van der Waals surface area contributed by atoms with E-state index in [1.807, 2.05) is 30.9 Å². The zero-order chi connectivity index (χ0) is 20.6. The molecule has 4 rings (SSSR count). The molecular formula is C23H25FN2O3. The molecule has 1 spiro atoms. The number of carbonyl (C=O) groups is 2. The van der Waals surface area contributed by atoms with Gasteiger partial charge in [0.15, 0.2) is 0 Å². The Morgan fingerprint density at radius 2 is 1.66 bits per heavy atom. The van der Waals surface area contributed by atoms with Crippen molar-refractivity contribution in [3.8, 4) is 0 Å². The van der Waals surface area contributed by atoms with Crippen molar-refractivity contribution in [2.24, 2.45) is 0 Å². The van der Waals surface area contributed by atoms with E-state index in [9.17, 15) is 14.0 Å². The van der Waals surface area contributed by atoms with Gasteiger partial charge in [-0.3, -0.25) is 9.59 Å². The number of ether oxygens (including phenoxy) is 1. The minimum absolute atomic E-state index is 0.00238. The summed E-state index contributed by atoms with van der Waals surface area (Å²) in [7, 11) is 0. The van der Waals surface area contributed by atoms with Gasteiger partial charge in [0.2, 0.25) is 0 Å². The molecular weight excluding hydrogens is 371 g/mol. The van der Waals surface area contributed by atoms with Crippen LogP contribution in [0, 0.1) is 19.7 Å². The molecule has 0 atom stereocenters. The number of halogens is 1. The average molecular weight is 396 g/mol. The van der Waals surface area contributed by atoms with Crippen molar-refractivity contribution in [3.05, 3.63) is 65.0 Å². The maximum absolute atomic E-state index is 13.2. The van der Waals surface area contributed by atoms with E-state index in [1.54, 1.807) is 17.0 Å². The zero-order valence-corrected chi connectivity index (χ0v) is 16.8. The lowest BCUT2D eigenvalue weighted by atomic mass is 9.88. The van der Waals surface area contributed by atoms with Crippen LogP contribution in [0.1, 0.15) is 34.3 Å². The van der Waals surface area contributed by atoms with Crippen molar-refractivity contribution >= 4 is 17.5 Å². The summed E-state index contributed by atoms with van der Waals surface area (Å²) in [5.41, 5.74) is 3.07. The van der Waals surface area contributed by atoms with E-state index in [0.717, 1.165) is 11.1 Å². The molecule has 6 heteroatoms. The molecule has 2 amide bonds. The summed E-state index contributed by atoms with van der Waals surface area (Å²) < 4.78 is 19.2. The Labute approximate surface area is 170 Å². The molecule has 2 aromatic carbocycles. The Kier molecular flexibility index (Phi) is 5.13. The third-order valence-electron chi connectivity index (χ3n) is 5.82. The highest BCUT2D eigenvalue weighted by Crippen LogP contribution is 2.33. The smallest absolute Gasteiger partial charge is 0.253 e. The molecule has 5 nitrogen and oxygen atoms in total. The molecule has 0 saturated carbocycles. The maximum Gasteiger partial charge on any atom is 0.253 e. The lowest BCUT2D eigenvalue weighted by Crippen LogP contribution is -2.59. The molecule has 2 aliphatic rings. The summed E-state index contributed by atoms with van der Waals surface area (Å²) in [5.74, 6) is -0.424. The van der Waals surface area contributed by atoms with Crippen molar-refractivity contribution in [1.29, 1.82) is 0 Å². The van der Waals surface area contributed by atoms with Crippen LogP contribution in [0.25, 0.3) is 0 Å². The summed E-state index contributed by atoms with van der Waals surface area (Å²) >= 11 is 0. The van der Waals surface area contributed by atoms with E-state index in [2.05, 4.69) is 6.07 Å². The number of likely N-dealkylation sites (tertiary alicyclic amines) is 1. The van der Waals surface area contributed by atoms with Crippen molar-refractivity contribution in [3.63, 3.8) is 0 Å². The van der Waals surface area contributed by atoms with Crippen molar-refractivity contribution in [2.45, 2.75) is 32.3 Å². The first-order valence-electron chi connectivity index (χ1n) is 9.93. The van der Waals surface area contributed by atoms with E-state index < -0.39 is 5.60 Å². The molecule has 0 bridgehead atoms. The number of nitrogens with zero attached hydrogens (tertiary/aromatic N) is 2. The van der Waals surface area contributed by atoms with Gasteiger partial charge in [0.1, 0.15) is 12.4 Å². The van der Waals surface area contributed by atoms with E-state index in [0.29, 0.717) is 43.7 Å². The molecule has 2 heterocycles. The molecule has 0 N–H and O–H groups in total. The largest absolute Gasteiger partial charge is 0.363 e. The van der Waals surface area contributed by atoms with Gasteiger partial charge < -0.3 is 14.5 Å². The van der Waals surface area contributed by atoms with Crippen LogP contribution in [0.2, 0.25) is 0 Å². The molecule has 2 fully saturated rings. The predicted molar refractivity (Wildman–Crippen MR) is 108 cm³/mol. The number of carbonyl (C=O) groups excluding carboxylic acids is 2. The van der Waals surface area contributed by atoms with E-state index >= 15 is 0 Å². The van der Waals surface area contributed by atoms with E-state index in [4.69, 9.17) is 4.74 Å². The number of hydrogen-bond acceptors (Lipinski definition) is 3. The molecule has 0 aliphatic carbocycles. The van der Waals surface area contributed by atoms with Crippen LogP contribution in [0.4, 0.5) is 10.1 Å². The van der Waals surface area contributed by atoms with Crippen LogP contribution in [0.5, 0.6) is 0 Å². The topological polar surface area (TPSA) is 49.9 Å². The molecule has 2 aromatic rings. The van der Waals surface area contributed by atoms with Gasteiger partial charge in [-0.05, 0) is 63.1 Å². The van der Waals surface area contributed by atoms with E-state index in [-0.39, 0.29) is 24.2 Å². The van der Waals surface area contributed by atoms with Crippen molar-refractivity contribution in [2.75, 3.05) is 31.1 Å². The molecule has 152 valence electrons. The first-order chi connectivity index (χ1) is 13.8. The average Bonchev–Trinajstić information content (AvgIpc) is 2.70. The zero-order valence-electron chi connectivity index (χ0n) is 16.8. The Morgan fingerprint density at radius 1 is 1.03 bits per heavy atom. The summed E-state index contributed by atoms with van der Waals surface area (Å²) in [4.78, 5) is 28.8. The van der Waals surface area contributed by atoms with Gasteiger partial charge in [0, 0.05) is 24.3 Å². The van der Waals surface area contributed by atoms with Crippen molar-refractivity contribution in [1.82, 2.24) is 4.90 Å². The molecule has 29 heavy (non-hydrogen) atoms. The number of rotatable bonds is 2. The highest BCUT2D eigenvalue weighted by Gasteiger charge is 2.43. The third kappa shape index (κ3) is 4.03. The monoisotopic (exact) mass is 396 g/mol. The first kappa shape index (κ1) is 19.6. The summed E-state index contributed by atoms with van der Waals surface area (Å²) in [6, 6.07) is 11.8. The van der Waals surface area contributed by atoms with Crippen LogP contribution in [-0.2, 0) is 9.53 Å². The van der Waals surface area contributed by atoms with Crippen LogP contribution < -0.4 is 4.90 Å². The fourth-order valence-corrected chi connectivity index (χ4v) is 4.27. The minimum atomic E-state index is -0.471. The Hall–Kier alpha value is -2.73. The SMILES string of the molecule is Cc1cc(C)cc(C(=O)N2CCC3(CC2)CN(c2ccc(F)cc2)C(=O)CO3)c1. The van der Waals surface area contributed by atoms with Gasteiger partial charge in [-0.25, -0.2) is 4.39 Å². The fraction of sp³-hybridized carbons (Fsp3) is 0.391. The summed E-state index contributed by atoms with van der Waals surface area (Å²) in [6.07, 6.45) is 1.32. The van der Waals surface area contributed by atoms with Gasteiger partial charge in [0.05, 0.1) is 12.1 Å². The summed E-state index contributed by atoms with van der Waals surface area (Å²) in [6.45, 7) is 5.57. The molecule has 0 unspecified atom stereocenters. The standard InChI is InChI=1S/C23H25FN2O3/c1-16-11-17(2)13-18(12-16)22(28)25-9-7-23(8-10-25)15-26(21(27)14-29-23)20-5-3-19(24)4-6-20/h3-6,11-13H,7-10,14-15H2,1-2H3. The Bertz CT molecular complexity index is 913. The van der Waals surface area contributed by atoms with E-state index in [1.165, 1.54) is 12.1 Å². The fourth-order valence-electron chi connectivity index (χ4n) is 4.27. The van der Waals surface area contributed by atoms with Gasteiger partial charge in [-0.1, -0.05) is 17.2 Å². The number of piperidine rings is 1. The second-order valence-electron chi connectivity index (χ2n) is 8.10.